The van der Waals surface area contributed by atoms with Crippen LogP contribution in [-0.2, 0) is 14.8 Å². The highest BCUT2D eigenvalue weighted by Gasteiger charge is 2.27. The molecular weight excluding hydrogens is 479 g/mol. The summed E-state index contributed by atoms with van der Waals surface area (Å²) in [6.45, 7) is 5.08. The minimum Gasteiger partial charge on any atom is -0.374 e. The SMILES string of the molecule is CN=C(NCCCOC(C)c1ccccc1)NCCN1CCCS1(=O)=O.I. The van der Waals surface area contributed by atoms with Gasteiger partial charge in [-0.1, -0.05) is 30.3 Å². The van der Waals surface area contributed by atoms with Gasteiger partial charge < -0.3 is 15.4 Å². The number of nitrogens with zero attached hydrogens (tertiary/aromatic N) is 2. The fraction of sp³-hybridized carbons (Fsp3) is 0.611. The lowest BCUT2D eigenvalue weighted by Crippen LogP contribution is -2.42. The molecule has 1 fully saturated rings. The molecule has 1 atom stereocenters. The summed E-state index contributed by atoms with van der Waals surface area (Å²) in [5, 5.41) is 6.37. The third-order valence-electron chi connectivity index (χ3n) is 4.33. The van der Waals surface area contributed by atoms with E-state index in [4.69, 9.17) is 4.74 Å². The van der Waals surface area contributed by atoms with Gasteiger partial charge in [-0.3, -0.25) is 4.99 Å². The Bertz CT molecular complexity index is 670. The Hall–Kier alpha value is -0.910. The highest BCUT2D eigenvalue weighted by atomic mass is 127. The van der Waals surface area contributed by atoms with Crippen molar-refractivity contribution in [1.82, 2.24) is 14.9 Å². The molecule has 2 rings (SSSR count). The first-order chi connectivity index (χ1) is 12.5. The number of halogens is 1. The van der Waals surface area contributed by atoms with Crippen molar-refractivity contribution in [2.24, 2.45) is 4.99 Å². The van der Waals surface area contributed by atoms with Crippen LogP contribution in [0.1, 0.15) is 31.4 Å². The first kappa shape index (κ1) is 24.1. The molecule has 0 bridgehead atoms. The van der Waals surface area contributed by atoms with E-state index in [0.29, 0.717) is 32.2 Å². The molecule has 1 aromatic carbocycles. The van der Waals surface area contributed by atoms with E-state index < -0.39 is 10.0 Å². The van der Waals surface area contributed by atoms with Crippen LogP contribution in [0.4, 0.5) is 0 Å². The van der Waals surface area contributed by atoms with Crippen molar-refractivity contribution >= 4 is 40.0 Å². The molecule has 0 amide bonds. The number of hydrogen-bond acceptors (Lipinski definition) is 4. The second-order valence-corrected chi connectivity index (χ2v) is 8.36. The maximum Gasteiger partial charge on any atom is 0.214 e. The number of nitrogens with one attached hydrogen (secondary N) is 2. The van der Waals surface area contributed by atoms with Crippen molar-refractivity contribution in [3.05, 3.63) is 35.9 Å². The lowest BCUT2D eigenvalue weighted by Gasteiger charge is -2.17. The molecular formula is C18H31IN4O3S. The molecule has 1 aromatic rings. The van der Waals surface area contributed by atoms with Crippen LogP contribution in [0.5, 0.6) is 0 Å². The molecule has 1 saturated heterocycles. The predicted octanol–water partition coefficient (Wildman–Crippen LogP) is 1.97. The van der Waals surface area contributed by atoms with E-state index in [9.17, 15) is 8.42 Å². The summed E-state index contributed by atoms with van der Waals surface area (Å²) in [6, 6.07) is 10.2. The minimum absolute atomic E-state index is 0. The van der Waals surface area contributed by atoms with Gasteiger partial charge in [0.15, 0.2) is 5.96 Å². The highest BCUT2D eigenvalue weighted by Crippen LogP contribution is 2.15. The highest BCUT2D eigenvalue weighted by molar-refractivity contribution is 14.0. The molecule has 1 aliphatic rings. The summed E-state index contributed by atoms with van der Waals surface area (Å²) in [4.78, 5) is 4.15. The first-order valence-electron chi connectivity index (χ1n) is 9.12. The number of hydrogen-bond donors (Lipinski definition) is 2. The lowest BCUT2D eigenvalue weighted by atomic mass is 10.1. The lowest BCUT2D eigenvalue weighted by molar-refractivity contribution is 0.0646. The van der Waals surface area contributed by atoms with Gasteiger partial charge in [-0.05, 0) is 25.3 Å². The van der Waals surface area contributed by atoms with Crippen LogP contribution < -0.4 is 10.6 Å². The van der Waals surface area contributed by atoms with Gasteiger partial charge in [0, 0.05) is 39.8 Å². The average Bonchev–Trinajstić information content (AvgIpc) is 2.98. The van der Waals surface area contributed by atoms with Gasteiger partial charge in [-0.15, -0.1) is 24.0 Å². The Morgan fingerprint density at radius 1 is 1.26 bits per heavy atom. The number of benzene rings is 1. The molecule has 0 spiro atoms. The van der Waals surface area contributed by atoms with Gasteiger partial charge in [0.05, 0.1) is 11.9 Å². The van der Waals surface area contributed by atoms with Crippen molar-refractivity contribution in [2.45, 2.75) is 25.9 Å². The monoisotopic (exact) mass is 510 g/mol. The molecule has 1 unspecified atom stereocenters. The van der Waals surface area contributed by atoms with Gasteiger partial charge in [-0.2, -0.15) is 0 Å². The average molecular weight is 510 g/mol. The minimum atomic E-state index is -3.03. The van der Waals surface area contributed by atoms with Crippen LogP contribution >= 0.6 is 24.0 Å². The molecule has 27 heavy (non-hydrogen) atoms. The van der Waals surface area contributed by atoms with E-state index >= 15 is 0 Å². The molecule has 154 valence electrons. The summed E-state index contributed by atoms with van der Waals surface area (Å²) >= 11 is 0. The number of sulfonamides is 1. The van der Waals surface area contributed by atoms with Crippen LogP contribution in [0.2, 0.25) is 0 Å². The first-order valence-corrected chi connectivity index (χ1v) is 10.7. The summed E-state index contributed by atoms with van der Waals surface area (Å²) < 4.78 is 30.9. The Morgan fingerprint density at radius 3 is 2.59 bits per heavy atom. The molecule has 7 nitrogen and oxygen atoms in total. The van der Waals surface area contributed by atoms with E-state index in [0.717, 1.165) is 19.4 Å². The molecule has 9 heteroatoms. The Kier molecular flexibility index (Phi) is 11.2. The second-order valence-electron chi connectivity index (χ2n) is 6.27. The van der Waals surface area contributed by atoms with E-state index in [-0.39, 0.29) is 35.8 Å². The number of ether oxygens (including phenoxy) is 1. The Labute approximate surface area is 180 Å². The Balaban J connectivity index is 0.00000364. The van der Waals surface area contributed by atoms with E-state index in [1.165, 1.54) is 9.87 Å². The zero-order valence-corrected chi connectivity index (χ0v) is 19.2. The normalized spacial score (nSPS) is 17.9. The van der Waals surface area contributed by atoms with E-state index in [2.05, 4.69) is 34.7 Å². The number of guanidine groups is 1. The zero-order valence-electron chi connectivity index (χ0n) is 16.1. The van der Waals surface area contributed by atoms with Gasteiger partial charge in [0.2, 0.25) is 10.0 Å². The topological polar surface area (TPSA) is 83.0 Å². The van der Waals surface area contributed by atoms with E-state index in [1.807, 2.05) is 18.2 Å². The second kappa shape index (κ2) is 12.5. The van der Waals surface area contributed by atoms with Crippen LogP contribution in [0.25, 0.3) is 0 Å². The molecule has 0 saturated carbocycles. The molecule has 0 radical (unpaired) electrons. The number of rotatable bonds is 9. The third-order valence-corrected chi connectivity index (χ3v) is 6.29. The van der Waals surface area contributed by atoms with Crippen LogP contribution in [0.3, 0.4) is 0 Å². The van der Waals surface area contributed by atoms with E-state index in [1.54, 1.807) is 7.05 Å². The summed E-state index contributed by atoms with van der Waals surface area (Å²) in [5.74, 6) is 0.944. The van der Waals surface area contributed by atoms with Crippen molar-refractivity contribution in [3.63, 3.8) is 0 Å². The summed E-state index contributed by atoms with van der Waals surface area (Å²) in [6.07, 6.45) is 1.66. The largest absolute Gasteiger partial charge is 0.374 e. The Morgan fingerprint density at radius 2 is 1.96 bits per heavy atom. The fourth-order valence-electron chi connectivity index (χ4n) is 2.82. The summed E-state index contributed by atoms with van der Waals surface area (Å²) in [5.41, 5.74) is 1.18. The van der Waals surface area contributed by atoms with Crippen LogP contribution in [-0.4, -0.2) is 64.3 Å². The molecule has 2 N–H and O–H groups in total. The van der Waals surface area contributed by atoms with Crippen molar-refractivity contribution in [3.8, 4) is 0 Å². The van der Waals surface area contributed by atoms with Crippen LogP contribution in [0.15, 0.2) is 35.3 Å². The molecule has 0 aliphatic carbocycles. The standard InChI is InChI=1S/C18H30N4O3S.HI/c1-16(17-8-4-3-5-9-17)25-14-6-10-20-18(19-2)21-11-13-22-12-7-15-26(22,23)24;/h3-5,8-9,16H,6-7,10-15H2,1-2H3,(H2,19,20,21);1H. The maximum atomic E-state index is 11.7. The van der Waals surface area contributed by atoms with Crippen molar-refractivity contribution in [2.75, 3.05) is 45.6 Å². The van der Waals surface area contributed by atoms with Crippen molar-refractivity contribution < 1.29 is 13.2 Å². The number of aliphatic imine (C=N–C) groups is 1. The fourth-order valence-corrected chi connectivity index (χ4v) is 4.35. The molecule has 0 aromatic heterocycles. The summed E-state index contributed by atoms with van der Waals surface area (Å²) in [7, 11) is -1.33. The smallest absolute Gasteiger partial charge is 0.214 e. The third kappa shape index (κ3) is 8.32. The zero-order chi connectivity index (χ0) is 18.8. The maximum absolute atomic E-state index is 11.7. The van der Waals surface area contributed by atoms with Gasteiger partial charge in [-0.25, -0.2) is 12.7 Å². The molecule has 1 heterocycles. The van der Waals surface area contributed by atoms with Gasteiger partial charge >= 0.3 is 0 Å². The predicted molar refractivity (Wildman–Crippen MR) is 120 cm³/mol. The quantitative estimate of drug-likeness (QED) is 0.230. The van der Waals surface area contributed by atoms with Crippen molar-refractivity contribution in [1.29, 1.82) is 0 Å². The van der Waals surface area contributed by atoms with Gasteiger partial charge in [0.1, 0.15) is 0 Å². The molecule has 1 aliphatic heterocycles. The van der Waals surface area contributed by atoms with Crippen LogP contribution in [0, 0.1) is 0 Å². The van der Waals surface area contributed by atoms with Gasteiger partial charge in [0.25, 0.3) is 0 Å².